The normalized spacial score (nSPS) is 15.5. The number of hydrogen-bond donors (Lipinski definition) is 2. The van der Waals surface area contributed by atoms with Crippen LogP contribution < -0.4 is 5.32 Å². The van der Waals surface area contributed by atoms with E-state index in [1.807, 2.05) is 30.5 Å². The predicted molar refractivity (Wildman–Crippen MR) is 84.0 cm³/mol. The second-order valence-corrected chi connectivity index (χ2v) is 6.27. The molecule has 1 aromatic heterocycles. The molecule has 1 fully saturated rings. The molecule has 1 heterocycles. The standard InChI is InChI=1S/C16H18N2O3S/c1-22-12-6-4-10(5-7-12)14(19)9-17-16(20)13-8-15(21-18-13)11-2-3-11/h4-8,11,14,19H,2-3,9H2,1H3,(H,17,20)/t14-/m1/s1. The summed E-state index contributed by atoms with van der Waals surface area (Å²) in [4.78, 5) is 13.1. The van der Waals surface area contributed by atoms with Crippen LogP contribution in [0.5, 0.6) is 0 Å². The summed E-state index contributed by atoms with van der Waals surface area (Å²) >= 11 is 1.64. The third-order valence-corrected chi connectivity index (χ3v) is 4.44. The number of amides is 1. The van der Waals surface area contributed by atoms with Crippen molar-refractivity contribution < 1.29 is 14.4 Å². The molecule has 1 aromatic carbocycles. The summed E-state index contributed by atoms with van der Waals surface area (Å²) in [5.74, 6) is 0.878. The maximum Gasteiger partial charge on any atom is 0.273 e. The maximum absolute atomic E-state index is 12.0. The van der Waals surface area contributed by atoms with Gasteiger partial charge in [-0.25, -0.2) is 0 Å². The van der Waals surface area contributed by atoms with Crippen LogP contribution in [-0.2, 0) is 0 Å². The number of hydrogen-bond acceptors (Lipinski definition) is 5. The van der Waals surface area contributed by atoms with Crippen LogP contribution in [0, 0.1) is 0 Å². The molecule has 1 saturated carbocycles. The van der Waals surface area contributed by atoms with Gasteiger partial charge in [-0.15, -0.1) is 11.8 Å². The summed E-state index contributed by atoms with van der Waals surface area (Å²) in [5.41, 5.74) is 1.05. The Bertz CT molecular complexity index is 650. The van der Waals surface area contributed by atoms with E-state index in [-0.39, 0.29) is 18.1 Å². The molecule has 3 rings (SSSR count). The van der Waals surface area contributed by atoms with Gasteiger partial charge in [-0.05, 0) is 36.8 Å². The fourth-order valence-corrected chi connectivity index (χ4v) is 2.59. The zero-order valence-corrected chi connectivity index (χ0v) is 13.1. The molecular formula is C16H18N2O3S. The molecule has 6 heteroatoms. The van der Waals surface area contributed by atoms with E-state index >= 15 is 0 Å². The first-order valence-electron chi connectivity index (χ1n) is 7.24. The van der Waals surface area contributed by atoms with Gasteiger partial charge in [-0.3, -0.25) is 4.79 Å². The minimum Gasteiger partial charge on any atom is -0.387 e. The lowest BCUT2D eigenvalue weighted by Crippen LogP contribution is -2.28. The van der Waals surface area contributed by atoms with Gasteiger partial charge in [-0.1, -0.05) is 17.3 Å². The molecule has 1 amide bonds. The lowest BCUT2D eigenvalue weighted by molar-refractivity contribution is 0.0907. The van der Waals surface area contributed by atoms with Crippen LogP contribution in [-0.4, -0.2) is 29.0 Å². The van der Waals surface area contributed by atoms with E-state index in [4.69, 9.17) is 4.52 Å². The second kappa shape index (κ2) is 6.54. The minimum atomic E-state index is -0.741. The Balaban J connectivity index is 1.54. The van der Waals surface area contributed by atoms with Crippen LogP contribution in [0.1, 0.15) is 46.7 Å². The number of benzene rings is 1. The number of nitrogens with one attached hydrogen (secondary N) is 1. The highest BCUT2D eigenvalue weighted by molar-refractivity contribution is 7.98. The Morgan fingerprint density at radius 3 is 2.82 bits per heavy atom. The van der Waals surface area contributed by atoms with E-state index in [9.17, 15) is 9.90 Å². The zero-order valence-electron chi connectivity index (χ0n) is 12.3. The number of aliphatic hydroxyl groups is 1. The van der Waals surface area contributed by atoms with Crippen LogP contribution in [0.2, 0.25) is 0 Å². The molecule has 22 heavy (non-hydrogen) atoms. The summed E-state index contributed by atoms with van der Waals surface area (Å²) < 4.78 is 5.15. The fraction of sp³-hybridized carbons (Fsp3) is 0.375. The van der Waals surface area contributed by atoms with Crippen molar-refractivity contribution in [2.75, 3.05) is 12.8 Å². The van der Waals surface area contributed by atoms with Crippen molar-refractivity contribution in [3.05, 3.63) is 47.3 Å². The van der Waals surface area contributed by atoms with E-state index in [0.717, 1.165) is 29.1 Å². The van der Waals surface area contributed by atoms with Crippen molar-refractivity contribution in [2.45, 2.75) is 29.8 Å². The van der Waals surface area contributed by atoms with Crippen molar-refractivity contribution in [3.63, 3.8) is 0 Å². The summed E-state index contributed by atoms with van der Waals surface area (Å²) in [6.07, 6.45) is 3.45. The van der Waals surface area contributed by atoms with Crippen LogP contribution in [0.15, 0.2) is 39.8 Å². The van der Waals surface area contributed by atoms with E-state index in [2.05, 4.69) is 10.5 Å². The third-order valence-electron chi connectivity index (χ3n) is 3.70. The van der Waals surface area contributed by atoms with Crippen LogP contribution in [0.4, 0.5) is 0 Å². The van der Waals surface area contributed by atoms with E-state index < -0.39 is 6.10 Å². The monoisotopic (exact) mass is 318 g/mol. The molecule has 116 valence electrons. The Hall–Kier alpha value is -1.79. The van der Waals surface area contributed by atoms with Crippen LogP contribution >= 0.6 is 11.8 Å². The number of carbonyl (C=O) groups excluding carboxylic acids is 1. The number of carbonyl (C=O) groups is 1. The highest BCUT2D eigenvalue weighted by atomic mass is 32.2. The van der Waals surface area contributed by atoms with E-state index in [1.54, 1.807) is 17.8 Å². The van der Waals surface area contributed by atoms with Gasteiger partial charge in [-0.2, -0.15) is 0 Å². The number of thioether (sulfide) groups is 1. The number of rotatable bonds is 6. The zero-order chi connectivity index (χ0) is 15.5. The molecule has 5 nitrogen and oxygen atoms in total. The van der Waals surface area contributed by atoms with Gasteiger partial charge in [0.15, 0.2) is 5.69 Å². The SMILES string of the molecule is CSc1ccc([C@H](O)CNC(=O)c2cc(C3CC3)on2)cc1. The Labute approximate surface area is 133 Å². The van der Waals surface area contributed by atoms with E-state index in [0.29, 0.717) is 5.92 Å². The quantitative estimate of drug-likeness (QED) is 0.801. The highest BCUT2D eigenvalue weighted by Crippen LogP contribution is 2.40. The van der Waals surface area contributed by atoms with Crippen LogP contribution in [0.3, 0.4) is 0 Å². The smallest absolute Gasteiger partial charge is 0.273 e. The summed E-state index contributed by atoms with van der Waals surface area (Å²) in [5, 5.41) is 16.6. The van der Waals surface area contributed by atoms with Crippen molar-refractivity contribution >= 4 is 17.7 Å². The first kappa shape index (κ1) is 15.1. The molecule has 2 N–H and O–H groups in total. The first-order valence-corrected chi connectivity index (χ1v) is 8.46. The molecule has 0 bridgehead atoms. The predicted octanol–water partition coefficient (Wildman–Crippen LogP) is 2.74. The summed E-state index contributed by atoms with van der Waals surface area (Å²) in [7, 11) is 0. The largest absolute Gasteiger partial charge is 0.387 e. The van der Waals surface area contributed by atoms with Crippen molar-refractivity contribution in [1.82, 2.24) is 10.5 Å². The molecule has 0 unspecified atom stereocenters. The summed E-state index contributed by atoms with van der Waals surface area (Å²) in [6, 6.07) is 9.32. The van der Waals surface area contributed by atoms with Gasteiger partial charge in [0.1, 0.15) is 5.76 Å². The van der Waals surface area contributed by atoms with Crippen LogP contribution in [0.25, 0.3) is 0 Å². The minimum absolute atomic E-state index is 0.142. The van der Waals surface area contributed by atoms with Crippen molar-refractivity contribution in [3.8, 4) is 0 Å². The van der Waals surface area contributed by atoms with Gasteiger partial charge in [0.25, 0.3) is 5.91 Å². The fourth-order valence-electron chi connectivity index (χ4n) is 2.18. The lowest BCUT2D eigenvalue weighted by atomic mass is 10.1. The lowest BCUT2D eigenvalue weighted by Gasteiger charge is -2.12. The summed E-state index contributed by atoms with van der Waals surface area (Å²) in [6.45, 7) is 0.142. The van der Waals surface area contributed by atoms with Gasteiger partial charge >= 0.3 is 0 Å². The van der Waals surface area contributed by atoms with E-state index in [1.165, 1.54) is 0 Å². The molecule has 0 aliphatic heterocycles. The van der Waals surface area contributed by atoms with Gasteiger partial charge < -0.3 is 14.9 Å². The molecule has 1 aliphatic rings. The number of aliphatic hydroxyl groups excluding tert-OH is 1. The highest BCUT2D eigenvalue weighted by Gasteiger charge is 2.28. The number of aromatic nitrogens is 1. The first-order chi connectivity index (χ1) is 10.7. The molecule has 1 aliphatic carbocycles. The molecule has 1 atom stereocenters. The van der Waals surface area contributed by atoms with Gasteiger partial charge in [0.2, 0.25) is 0 Å². The van der Waals surface area contributed by atoms with Crippen molar-refractivity contribution in [2.24, 2.45) is 0 Å². The second-order valence-electron chi connectivity index (χ2n) is 5.39. The average Bonchev–Trinajstić information content (AvgIpc) is 3.29. The molecule has 0 radical (unpaired) electrons. The molecular weight excluding hydrogens is 300 g/mol. The average molecular weight is 318 g/mol. The Kier molecular flexibility index (Phi) is 4.49. The third kappa shape index (κ3) is 3.51. The van der Waals surface area contributed by atoms with Gasteiger partial charge in [0, 0.05) is 23.4 Å². The Morgan fingerprint density at radius 1 is 1.45 bits per heavy atom. The molecule has 0 saturated heterocycles. The maximum atomic E-state index is 12.0. The molecule has 0 spiro atoms. The topological polar surface area (TPSA) is 75.4 Å². The number of nitrogens with zero attached hydrogens (tertiary/aromatic N) is 1. The van der Waals surface area contributed by atoms with Gasteiger partial charge in [0.05, 0.1) is 6.10 Å². The molecule has 2 aromatic rings. The van der Waals surface area contributed by atoms with Crippen molar-refractivity contribution in [1.29, 1.82) is 0 Å². The Morgan fingerprint density at radius 2 is 2.18 bits per heavy atom.